The molecule has 7 rings (SSSR count). The normalized spacial score (nSPS) is 14.3. The van der Waals surface area contributed by atoms with Gasteiger partial charge in [0.15, 0.2) is 17.2 Å². The molecule has 188 valence electrons. The minimum atomic E-state index is 0.522. The van der Waals surface area contributed by atoms with E-state index in [1.165, 1.54) is 32.1 Å². The summed E-state index contributed by atoms with van der Waals surface area (Å²) in [4.78, 5) is 22.1. The molecule has 38 heavy (non-hydrogen) atoms. The van der Waals surface area contributed by atoms with Gasteiger partial charge in [-0.05, 0) is 65.4 Å². The van der Waals surface area contributed by atoms with Crippen molar-refractivity contribution in [2.75, 3.05) is 5.32 Å². The monoisotopic (exact) mass is 518 g/mol. The van der Waals surface area contributed by atoms with Crippen LogP contribution in [0.3, 0.4) is 0 Å². The van der Waals surface area contributed by atoms with E-state index in [1.54, 1.807) is 17.5 Å². The first-order chi connectivity index (χ1) is 18.7. The number of pyridine rings is 3. The lowest BCUT2D eigenvalue weighted by molar-refractivity contribution is 0.405. The van der Waals surface area contributed by atoms with Crippen LogP contribution in [0.5, 0.6) is 0 Å². The number of hydrogen-bond acceptors (Lipinski definition) is 7. The fourth-order valence-corrected chi connectivity index (χ4v) is 5.95. The first kappa shape index (κ1) is 22.8. The molecule has 0 spiro atoms. The molecule has 1 fully saturated rings. The maximum absolute atomic E-state index is 4.97. The Balaban J connectivity index is 1.23. The molecule has 9 heteroatoms. The molecule has 0 atom stereocenters. The fraction of sp³-hybridized carbons (Fsp3) is 0.207. The van der Waals surface area contributed by atoms with Crippen LogP contribution in [0.15, 0.2) is 72.0 Å². The maximum Gasteiger partial charge on any atom is 0.178 e. The number of nitrogens with one attached hydrogen (secondary N) is 3. The van der Waals surface area contributed by atoms with E-state index in [1.807, 2.05) is 30.6 Å². The number of fused-ring (bicyclic) bond motifs is 2. The fourth-order valence-electron chi connectivity index (χ4n) is 5.29. The molecular formula is C29H26N8S. The summed E-state index contributed by atoms with van der Waals surface area (Å²) in [6.45, 7) is 4.31. The second kappa shape index (κ2) is 9.50. The average Bonchev–Trinajstić information content (AvgIpc) is 3.73. The molecule has 6 aromatic rings. The van der Waals surface area contributed by atoms with E-state index in [-0.39, 0.29) is 0 Å². The van der Waals surface area contributed by atoms with Gasteiger partial charge in [0, 0.05) is 29.2 Å². The molecule has 0 aliphatic heterocycles. The number of rotatable bonds is 6. The number of aromatic amines is 2. The van der Waals surface area contributed by atoms with Crippen LogP contribution >= 0.6 is 11.3 Å². The molecule has 1 saturated carbocycles. The van der Waals surface area contributed by atoms with Crippen LogP contribution in [0.2, 0.25) is 0 Å². The molecule has 6 aromatic heterocycles. The van der Waals surface area contributed by atoms with E-state index >= 15 is 0 Å². The quantitative estimate of drug-likeness (QED) is 0.215. The maximum atomic E-state index is 4.97. The van der Waals surface area contributed by atoms with Gasteiger partial charge in [0.25, 0.3) is 0 Å². The number of aromatic nitrogens is 7. The van der Waals surface area contributed by atoms with E-state index in [4.69, 9.17) is 9.97 Å². The van der Waals surface area contributed by atoms with Crippen molar-refractivity contribution in [2.24, 2.45) is 5.92 Å². The van der Waals surface area contributed by atoms with Crippen molar-refractivity contribution in [1.29, 1.82) is 0 Å². The van der Waals surface area contributed by atoms with Gasteiger partial charge in [0.05, 0.1) is 28.6 Å². The third-order valence-electron chi connectivity index (χ3n) is 7.29. The largest absolute Gasteiger partial charge is 0.358 e. The van der Waals surface area contributed by atoms with Gasteiger partial charge in [0.2, 0.25) is 0 Å². The SMILES string of the molecule is C=C(Nc1cncc(-c2ccc3[nH]nc(-c4nc5nccc(-c6ccsc6)c5[nH]4)c3n2)c1)C1CCCCC1. The third kappa shape index (κ3) is 4.14. The lowest BCUT2D eigenvalue weighted by Crippen LogP contribution is -2.14. The van der Waals surface area contributed by atoms with Crippen molar-refractivity contribution in [1.82, 2.24) is 35.1 Å². The van der Waals surface area contributed by atoms with Crippen molar-refractivity contribution in [3.8, 4) is 33.9 Å². The molecule has 3 N–H and O–H groups in total. The van der Waals surface area contributed by atoms with Gasteiger partial charge in [-0.1, -0.05) is 25.8 Å². The number of H-pyrrole nitrogens is 2. The Labute approximate surface area is 223 Å². The van der Waals surface area contributed by atoms with Gasteiger partial charge in [0.1, 0.15) is 5.52 Å². The standard InChI is InChI=1S/C29H26N8S/c1-17(18-5-3-2-4-6-18)32-21-13-20(14-30-15-21)23-7-8-24-26(33-23)27(37-36-24)29-34-25-22(19-10-12-38-16-19)9-11-31-28(25)35-29/h7-16,18,32H,1-6H2,(H,36,37)(H,31,34,35). The molecule has 1 aliphatic carbocycles. The van der Waals surface area contributed by atoms with Crippen LogP contribution in [0.1, 0.15) is 32.1 Å². The predicted molar refractivity (Wildman–Crippen MR) is 153 cm³/mol. The van der Waals surface area contributed by atoms with Crippen molar-refractivity contribution in [2.45, 2.75) is 32.1 Å². The van der Waals surface area contributed by atoms with Crippen molar-refractivity contribution >= 4 is 39.2 Å². The molecule has 0 unspecified atom stereocenters. The van der Waals surface area contributed by atoms with E-state index in [0.29, 0.717) is 23.1 Å². The molecule has 0 saturated heterocycles. The summed E-state index contributed by atoms with van der Waals surface area (Å²) in [5.74, 6) is 1.15. The van der Waals surface area contributed by atoms with E-state index in [0.717, 1.165) is 50.3 Å². The second-order valence-corrected chi connectivity index (χ2v) is 10.5. The topological polar surface area (TPSA) is 108 Å². The Bertz CT molecular complexity index is 1760. The van der Waals surface area contributed by atoms with E-state index < -0.39 is 0 Å². The summed E-state index contributed by atoms with van der Waals surface area (Å²) in [6.07, 6.45) is 11.7. The molecule has 1 aliphatic rings. The highest BCUT2D eigenvalue weighted by atomic mass is 32.1. The molecular weight excluding hydrogens is 492 g/mol. The highest BCUT2D eigenvalue weighted by molar-refractivity contribution is 7.08. The molecule has 0 radical (unpaired) electrons. The summed E-state index contributed by atoms with van der Waals surface area (Å²) in [5, 5.41) is 15.3. The molecule has 6 heterocycles. The smallest absolute Gasteiger partial charge is 0.178 e. The van der Waals surface area contributed by atoms with Gasteiger partial charge in [-0.3, -0.25) is 10.1 Å². The van der Waals surface area contributed by atoms with E-state index in [9.17, 15) is 0 Å². The Morgan fingerprint density at radius 1 is 1.03 bits per heavy atom. The zero-order valence-corrected chi connectivity index (χ0v) is 21.6. The molecule has 8 nitrogen and oxygen atoms in total. The highest BCUT2D eigenvalue weighted by Crippen LogP contribution is 2.33. The summed E-state index contributed by atoms with van der Waals surface area (Å²) < 4.78 is 0. The van der Waals surface area contributed by atoms with Gasteiger partial charge >= 0.3 is 0 Å². The average molecular weight is 519 g/mol. The number of hydrogen-bond donors (Lipinski definition) is 3. The number of thiophene rings is 1. The first-order valence-electron chi connectivity index (χ1n) is 12.9. The molecule has 0 aromatic carbocycles. The first-order valence-corrected chi connectivity index (χ1v) is 13.8. The Hall–Kier alpha value is -4.37. The lowest BCUT2D eigenvalue weighted by Gasteiger charge is -2.24. The van der Waals surface area contributed by atoms with Crippen molar-refractivity contribution < 1.29 is 0 Å². The number of imidazole rings is 1. The van der Waals surface area contributed by atoms with Gasteiger partial charge in [-0.15, -0.1) is 0 Å². The third-order valence-corrected chi connectivity index (χ3v) is 7.98. The zero-order chi connectivity index (χ0) is 25.5. The van der Waals surface area contributed by atoms with Gasteiger partial charge in [-0.25, -0.2) is 15.0 Å². The number of nitrogens with zero attached hydrogens (tertiary/aromatic N) is 5. The minimum Gasteiger partial charge on any atom is -0.358 e. The second-order valence-electron chi connectivity index (χ2n) is 9.77. The Morgan fingerprint density at radius 2 is 1.95 bits per heavy atom. The lowest BCUT2D eigenvalue weighted by atomic mass is 9.87. The zero-order valence-electron chi connectivity index (χ0n) is 20.7. The molecule has 0 bridgehead atoms. The van der Waals surface area contributed by atoms with Gasteiger partial charge < -0.3 is 10.3 Å². The van der Waals surface area contributed by atoms with Crippen LogP contribution in [0.4, 0.5) is 5.69 Å². The summed E-state index contributed by atoms with van der Waals surface area (Å²) >= 11 is 1.66. The Kier molecular flexibility index (Phi) is 5.70. The highest BCUT2D eigenvalue weighted by Gasteiger charge is 2.19. The Morgan fingerprint density at radius 3 is 2.82 bits per heavy atom. The van der Waals surface area contributed by atoms with Crippen LogP contribution in [-0.4, -0.2) is 35.1 Å². The summed E-state index contributed by atoms with van der Waals surface area (Å²) in [6, 6.07) is 10.2. The summed E-state index contributed by atoms with van der Waals surface area (Å²) in [5.41, 5.74) is 9.70. The van der Waals surface area contributed by atoms with Crippen LogP contribution in [0, 0.1) is 5.92 Å². The number of anilines is 1. The van der Waals surface area contributed by atoms with Crippen molar-refractivity contribution in [3.05, 3.63) is 72.0 Å². The van der Waals surface area contributed by atoms with Gasteiger partial charge in [-0.2, -0.15) is 16.4 Å². The number of allylic oxidation sites excluding steroid dienone is 1. The van der Waals surface area contributed by atoms with Crippen LogP contribution in [0.25, 0.3) is 56.1 Å². The van der Waals surface area contributed by atoms with Crippen LogP contribution < -0.4 is 5.32 Å². The van der Waals surface area contributed by atoms with Crippen LogP contribution in [-0.2, 0) is 0 Å². The van der Waals surface area contributed by atoms with Crippen molar-refractivity contribution in [3.63, 3.8) is 0 Å². The minimum absolute atomic E-state index is 0.522. The predicted octanol–water partition coefficient (Wildman–Crippen LogP) is 7.19. The molecule has 0 amide bonds. The summed E-state index contributed by atoms with van der Waals surface area (Å²) in [7, 11) is 0. The van der Waals surface area contributed by atoms with E-state index in [2.05, 4.69) is 59.9 Å².